The molecule has 0 radical (unpaired) electrons. The number of para-hydroxylation sites is 2. The molecular formula is C19H24N2O2. The summed E-state index contributed by atoms with van der Waals surface area (Å²) >= 11 is 0. The van der Waals surface area contributed by atoms with E-state index in [0.717, 1.165) is 5.56 Å². The molecule has 1 unspecified atom stereocenters. The van der Waals surface area contributed by atoms with Gasteiger partial charge in [-0.2, -0.15) is 0 Å². The number of carbonyl (C=O) groups is 1. The van der Waals surface area contributed by atoms with Crippen molar-refractivity contribution in [3.63, 3.8) is 0 Å². The number of anilines is 1. The molecule has 4 heteroatoms. The first-order valence-electron chi connectivity index (χ1n) is 7.70. The summed E-state index contributed by atoms with van der Waals surface area (Å²) in [5, 5.41) is 5.81. The molecule has 4 nitrogen and oxygen atoms in total. The largest absolute Gasteiger partial charge is 0.495 e. The van der Waals surface area contributed by atoms with Crippen LogP contribution in [0.2, 0.25) is 0 Å². The van der Waals surface area contributed by atoms with Gasteiger partial charge in [-0.25, -0.2) is 4.79 Å². The third kappa shape index (κ3) is 4.03. The van der Waals surface area contributed by atoms with Crippen molar-refractivity contribution in [2.75, 3.05) is 12.4 Å². The number of urea groups is 1. The predicted molar refractivity (Wildman–Crippen MR) is 94.2 cm³/mol. The number of rotatable bonds is 4. The summed E-state index contributed by atoms with van der Waals surface area (Å²) in [5.41, 5.74) is 5.44. The molecule has 0 aliphatic rings. The summed E-state index contributed by atoms with van der Waals surface area (Å²) in [7, 11) is 1.58. The van der Waals surface area contributed by atoms with Crippen LogP contribution in [0.25, 0.3) is 0 Å². The minimum atomic E-state index is -0.250. The predicted octanol–water partition coefficient (Wildman–Crippen LogP) is 4.50. The first-order valence-corrected chi connectivity index (χ1v) is 7.70. The number of nitrogens with one attached hydrogen (secondary N) is 2. The highest BCUT2D eigenvalue weighted by atomic mass is 16.5. The van der Waals surface area contributed by atoms with Gasteiger partial charge in [0.2, 0.25) is 0 Å². The summed E-state index contributed by atoms with van der Waals surface area (Å²) in [6.07, 6.45) is 0. The molecule has 2 N–H and O–H groups in total. The summed E-state index contributed by atoms with van der Waals surface area (Å²) in [6, 6.07) is 11.3. The Kier molecular flexibility index (Phi) is 5.27. The van der Waals surface area contributed by atoms with Gasteiger partial charge in [0.25, 0.3) is 0 Å². The van der Waals surface area contributed by atoms with Gasteiger partial charge in [0.05, 0.1) is 18.8 Å². The minimum absolute atomic E-state index is 0.0796. The second-order valence-electron chi connectivity index (χ2n) is 5.81. The molecule has 0 aliphatic carbocycles. The van der Waals surface area contributed by atoms with Gasteiger partial charge in [0, 0.05) is 0 Å². The Labute approximate surface area is 137 Å². The number of methoxy groups -OCH3 is 1. The molecule has 0 aliphatic heterocycles. The summed E-state index contributed by atoms with van der Waals surface area (Å²) in [6.45, 7) is 8.23. The van der Waals surface area contributed by atoms with E-state index < -0.39 is 0 Å². The zero-order valence-electron chi connectivity index (χ0n) is 14.4. The number of hydrogen-bond acceptors (Lipinski definition) is 2. The van der Waals surface area contributed by atoms with Crippen LogP contribution >= 0.6 is 0 Å². The minimum Gasteiger partial charge on any atom is -0.495 e. The fraction of sp³-hybridized carbons (Fsp3) is 0.316. The van der Waals surface area contributed by atoms with Crippen LogP contribution in [0.3, 0.4) is 0 Å². The number of carbonyl (C=O) groups excluding carboxylic acids is 1. The maximum absolute atomic E-state index is 12.2. The maximum Gasteiger partial charge on any atom is 0.319 e. The number of hydrogen-bond donors (Lipinski definition) is 2. The lowest BCUT2D eigenvalue weighted by atomic mass is 9.97. The zero-order chi connectivity index (χ0) is 17.0. The average molecular weight is 312 g/mol. The normalized spacial score (nSPS) is 11.7. The topological polar surface area (TPSA) is 50.4 Å². The molecular weight excluding hydrogens is 288 g/mol. The molecule has 2 aromatic rings. The second kappa shape index (κ2) is 7.18. The van der Waals surface area contributed by atoms with E-state index >= 15 is 0 Å². The molecule has 0 aromatic heterocycles. The Bertz CT molecular complexity index is 711. The zero-order valence-corrected chi connectivity index (χ0v) is 14.4. The van der Waals surface area contributed by atoms with E-state index in [9.17, 15) is 4.79 Å². The second-order valence-corrected chi connectivity index (χ2v) is 5.81. The van der Waals surface area contributed by atoms with Crippen molar-refractivity contribution in [2.24, 2.45) is 0 Å². The molecule has 0 bridgehead atoms. The van der Waals surface area contributed by atoms with E-state index in [1.165, 1.54) is 16.7 Å². The quantitative estimate of drug-likeness (QED) is 0.873. The van der Waals surface area contributed by atoms with Gasteiger partial charge in [-0.3, -0.25) is 0 Å². The van der Waals surface area contributed by atoms with E-state index in [-0.39, 0.29) is 12.1 Å². The fourth-order valence-electron chi connectivity index (χ4n) is 2.63. The van der Waals surface area contributed by atoms with Crippen molar-refractivity contribution in [3.05, 3.63) is 58.7 Å². The molecule has 2 amide bonds. The third-order valence-electron chi connectivity index (χ3n) is 4.05. The smallest absolute Gasteiger partial charge is 0.319 e. The van der Waals surface area contributed by atoms with Gasteiger partial charge >= 0.3 is 6.03 Å². The van der Waals surface area contributed by atoms with Crippen LogP contribution in [0.5, 0.6) is 5.75 Å². The highest BCUT2D eigenvalue weighted by molar-refractivity contribution is 5.91. The first-order chi connectivity index (χ1) is 10.9. The summed E-state index contributed by atoms with van der Waals surface area (Å²) in [5.74, 6) is 0.637. The SMILES string of the molecule is COc1ccccc1NC(=O)NC(C)c1cc(C)c(C)cc1C. The highest BCUT2D eigenvalue weighted by Gasteiger charge is 2.14. The van der Waals surface area contributed by atoms with Crippen LogP contribution in [-0.2, 0) is 0 Å². The molecule has 2 rings (SSSR count). The lowest BCUT2D eigenvalue weighted by Crippen LogP contribution is -2.31. The summed E-state index contributed by atoms with van der Waals surface area (Å²) < 4.78 is 5.24. The fourth-order valence-corrected chi connectivity index (χ4v) is 2.63. The Morgan fingerprint density at radius 2 is 1.70 bits per heavy atom. The molecule has 2 aromatic carbocycles. The lowest BCUT2D eigenvalue weighted by molar-refractivity contribution is 0.249. The number of aryl methyl sites for hydroxylation is 3. The van der Waals surface area contributed by atoms with Crippen LogP contribution in [-0.4, -0.2) is 13.1 Å². The average Bonchev–Trinajstić information content (AvgIpc) is 2.51. The molecule has 0 saturated carbocycles. The van der Waals surface area contributed by atoms with E-state index in [0.29, 0.717) is 11.4 Å². The first kappa shape index (κ1) is 16.9. The molecule has 23 heavy (non-hydrogen) atoms. The van der Waals surface area contributed by atoms with Crippen LogP contribution in [0.4, 0.5) is 10.5 Å². The Morgan fingerprint density at radius 3 is 2.39 bits per heavy atom. The lowest BCUT2D eigenvalue weighted by Gasteiger charge is -2.19. The van der Waals surface area contributed by atoms with Crippen LogP contribution in [0.1, 0.15) is 35.2 Å². The van der Waals surface area contributed by atoms with Crippen LogP contribution < -0.4 is 15.4 Å². The summed E-state index contributed by atoms with van der Waals surface area (Å²) in [4.78, 5) is 12.2. The maximum atomic E-state index is 12.2. The van der Waals surface area contributed by atoms with Gasteiger partial charge in [0.15, 0.2) is 0 Å². The van der Waals surface area contributed by atoms with Crippen molar-refractivity contribution in [1.29, 1.82) is 0 Å². The van der Waals surface area contributed by atoms with Crippen molar-refractivity contribution in [3.8, 4) is 5.75 Å². The standard InChI is InChI=1S/C19H24N2O2/c1-12-10-14(3)16(11-13(12)2)15(4)20-19(22)21-17-8-6-7-9-18(17)23-5/h6-11,15H,1-5H3,(H2,20,21,22). The van der Waals surface area contributed by atoms with E-state index in [1.807, 2.05) is 31.2 Å². The molecule has 122 valence electrons. The Morgan fingerprint density at radius 1 is 1.04 bits per heavy atom. The van der Waals surface area contributed by atoms with Gasteiger partial charge in [-0.05, 0) is 62.1 Å². The molecule has 1 atom stereocenters. The van der Waals surface area contributed by atoms with Crippen molar-refractivity contribution in [1.82, 2.24) is 5.32 Å². The van der Waals surface area contributed by atoms with Gasteiger partial charge in [-0.1, -0.05) is 24.3 Å². The number of amides is 2. The van der Waals surface area contributed by atoms with Crippen molar-refractivity contribution < 1.29 is 9.53 Å². The van der Waals surface area contributed by atoms with Gasteiger partial charge < -0.3 is 15.4 Å². The third-order valence-corrected chi connectivity index (χ3v) is 4.05. The van der Waals surface area contributed by atoms with Gasteiger partial charge in [-0.15, -0.1) is 0 Å². The van der Waals surface area contributed by atoms with E-state index in [4.69, 9.17) is 4.74 Å². The number of ether oxygens (including phenoxy) is 1. The molecule has 0 fully saturated rings. The molecule has 0 spiro atoms. The van der Waals surface area contributed by atoms with E-state index in [1.54, 1.807) is 7.11 Å². The van der Waals surface area contributed by atoms with Crippen molar-refractivity contribution in [2.45, 2.75) is 33.7 Å². The van der Waals surface area contributed by atoms with Crippen LogP contribution in [0, 0.1) is 20.8 Å². The molecule has 0 heterocycles. The monoisotopic (exact) mass is 312 g/mol. The van der Waals surface area contributed by atoms with Crippen LogP contribution in [0.15, 0.2) is 36.4 Å². The highest BCUT2D eigenvalue weighted by Crippen LogP contribution is 2.24. The van der Waals surface area contributed by atoms with Crippen molar-refractivity contribution >= 4 is 11.7 Å². The Hall–Kier alpha value is -2.49. The Balaban J connectivity index is 2.09. The van der Waals surface area contributed by atoms with Gasteiger partial charge in [0.1, 0.15) is 5.75 Å². The molecule has 0 saturated heterocycles. The van der Waals surface area contributed by atoms with E-state index in [2.05, 4.69) is 43.5 Å². The number of benzene rings is 2.